The van der Waals surface area contributed by atoms with Gasteiger partial charge < -0.3 is 9.84 Å². The van der Waals surface area contributed by atoms with Crippen molar-refractivity contribution in [2.24, 2.45) is 0 Å². The SMILES string of the molecule is OC1CCCC(/C=C/c2ccccc2)O1. The molecule has 1 heterocycles. The zero-order valence-electron chi connectivity index (χ0n) is 8.67. The van der Waals surface area contributed by atoms with Crippen LogP contribution >= 0.6 is 0 Å². The molecule has 0 amide bonds. The van der Waals surface area contributed by atoms with Gasteiger partial charge in [0, 0.05) is 0 Å². The number of benzene rings is 1. The van der Waals surface area contributed by atoms with Crippen molar-refractivity contribution in [3.05, 3.63) is 42.0 Å². The Morgan fingerprint density at radius 2 is 2.00 bits per heavy atom. The van der Waals surface area contributed by atoms with Crippen molar-refractivity contribution < 1.29 is 9.84 Å². The van der Waals surface area contributed by atoms with E-state index in [2.05, 4.69) is 12.1 Å². The van der Waals surface area contributed by atoms with Crippen LogP contribution < -0.4 is 0 Å². The molecule has 2 unspecified atom stereocenters. The molecule has 0 radical (unpaired) electrons. The average molecular weight is 204 g/mol. The minimum atomic E-state index is -0.579. The van der Waals surface area contributed by atoms with Gasteiger partial charge in [-0.1, -0.05) is 42.5 Å². The zero-order chi connectivity index (χ0) is 10.5. The van der Waals surface area contributed by atoms with E-state index in [4.69, 9.17) is 4.74 Å². The topological polar surface area (TPSA) is 29.5 Å². The van der Waals surface area contributed by atoms with Crippen LogP contribution in [-0.2, 0) is 4.74 Å². The molecule has 2 heteroatoms. The van der Waals surface area contributed by atoms with E-state index < -0.39 is 6.29 Å². The van der Waals surface area contributed by atoms with Crippen LogP contribution in [0.25, 0.3) is 6.08 Å². The van der Waals surface area contributed by atoms with E-state index in [9.17, 15) is 5.11 Å². The molecule has 2 atom stereocenters. The Balaban J connectivity index is 1.93. The lowest BCUT2D eigenvalue weighted by Crippen LogP contribution is -2.25. The van der Waals surface area contributed by atoms with Gasteiger partial charge in [-0.2, -0.15) is 0 Å². The lowest BCUT2D eigenvalue weighted by molar-refractivity contribution is -0.147. The average Bonchev–Trinajstić information content (AvgIpc) is 2.28. The van der Waals surface area contributed by atoms with Gasteiger partial charge in [-0.15, -0.1) is 0 Å². The highest BCUT2D eigenvalue weighted by molar-refractivity contribution is 5.49. The molecule has 15 heavy (non-hydrogen) atoms. The number of aliphatic hydroxyl groups excluding tert-OH is 1. The Bertz CT molecular complexity index is 319. The predicted molar refractivity (Wildman–Crippen MR) is 60.2 cm³/mol. The largest absolute Gasteiger partial charge is 0.368 e. The molecule has 0 bridgehead atoms. The number of hydrogen-bond donors (Lipinski definition) is 1. The summed E-state index contributed by atoms with van der Waals surface area (Å²) in [5.41, 5.74) is 1.17. The predicted octanol–water partition coefficient (Wildman–Crippen LogP) is 2.59. The molecule has 0 spiro atoms. The second-order valence-electron chi connectivity index (χ2n) is 3.83. The molecule has 1 N–H and O–H groups in total. The molecule has 80 valence electrons. The first-order chi connectivity index (χ1) is 7.34. The molecule has 1 saturated heterocycles. The first kappa shape index (κ1) is 10.4. The Hall–Kier alpha value is -1.12. The van der Waals surface area contributed by atoms with Gasteiger partial charge in [-0.3, -0.25) is 0 Å². The summed E-state index contributed by atoms with van der Waals surface area (Å²) in [5.74, 6) is 0. The first-order valence-electron chi connectivity index (χ1n) is 5.41. The summed E-state index contributed by atoms with van der Waals surface area (Å²) in [4.78, 5) is 0. The lowest BCUT2D eigenvalue weighted by Gasteiger charge is -2.24. The van der Waals surface area contributed by atoms with Crippen molar-refractivity contribution in [1.29, 1.82) is 0 Å². The monoisotopic (exact) mass is 204 g/mol. The van der Waals surface area contributed by atoms with Crippen molar-refractivity contribution in [3.8, 4) is 0 Å². The van der Waals surface area contributed by atoms with Crippen LogP contribution in [0.2, 0.25) is 0 Å². The summed E-state index contributed by atoms with van der Waals surface area (Å²) in [6.45, 7) is 0. The van der Waals surface area contributed by atoms with E-state index in [0.29, 0.717) is 0 Å². The quantitative estimate of drug-likeness (QED) is 0.802. The maximum atomic E-state index is 9.32. The molecule has 1 fully saturated rings. The number of ether oxygens (including phenoxy) is 1. The fourth-order valence-electron chi connectivity index (χ4n) is 1.76. The van der Waals surface area contributed by atoms with Crippen LogP contribution in [0.3, 0.4) is 0 Å². The van der Waals surface area contributed by atoms with Crippen LogP contribution in [0.4, 0.5) is 0 Å². The third-order valence-corrected chi connectivity index (χ3v) is 2.57. The molecule has 0 aliphatic carbocycles. The highest BCUT2D eigenvalue weighted by Crippen LogP contribution is 2.18. The molecule has 2 rings (SSSR count). The fraction of sp³-hybridized carbons (Fsp3) is 0.385. The van der Waals surface area contributed by atoms with E-state index in [-0.39, 0.29) is 6.10 Å². The molecule has 0 saturated carbocycles. The fourth-order valence-corrected chi connectivity index (χ4v) is 1.76. The van der Waals surface area contributed by atoms with Gasteiger partial charge in [0.15, 0.2) is 6.29 Å². The Labute approximate surface area is 90.2 Å². The first-order valence-corrected chi connectivity index (χ1v) is 5.41. The van der Waals surface area contributed by atoms with Crippen LogP contribution in [0.15, 0.2) is 36.4 Å². The normalized spacial score (nSPS) is 27.0. The minimum absolute atomic E-state index is 0.0638. The standard InChI is InChI=1S/C13H16O2/c14-13-8-4-7-12(15-13)10-9-11-5-2-1-3-6-11/h1-3,5-6,9-10,12-14H,4,7-8H2/b10-9+. The van der Waals surface area contributed by atoms with Gasteiger partial charge in [0.25, 0.3) is 0 Å². The highest BCUT2D eigenvalue weighted by atomic mass is 16.6. The summed E-state index contributed by atoms with van der Waals surface area (Å²) in [6, 6.07) is 10.1. The molecule has 1 aromatic rings. The van der Waals surface area contributed by atoms with Gasteiger partial charge in [-0.05, 0) is 24.8 Å². The van der Waals surface area contributed by atoms with Crippen LogP contribution in [0.1, 0.15) is 24.8 Å². The van der Waals surface area contributed by atoms with Crippen molar-refractivity contribution in [3.63, 3.8) is 0 Å². The van der Waals surface area contributed by atoms with E-state index in [1.165, 1.54) is 5.56 Å². The Morgan fingerprint density at radius 3 is 2.73 bits per heavy atom. The molecule has 1 aliphatic rings. The van der Waals surface area contributed by atoms with Gasteiger partial charge in [0.2, 0.25) is 0 Å². The molecular weight excluding hydrogens is 188 g/mol. The smallest absolute Gasteiger partial charge is 0.155 e. The van der Waals surface area contributed by atoms with Crippen molar-refractivity contribution >= 4 is 6.08 Å². The molecule has 0 aromatic heterocycles. The number of aliphatic hydroxyl groups is 1. The van der Waals surface area contributed by atoms with E-state index in [1.807, 2.05) is 30.4 Å². The Kier molecular flexibility index (Phi) is 3.54. The molecular formula is C13H16O2. The molecule has 2 nitrogen and oxygen atoms in total. The summed E-state index contributed by atoms with van der Waals surface area (Å²) >= 11 is 0. The van der Waals surface area contributed by atoms with E-state index in [1.54, 1.807) is 0 Å². The Morgan fingerprint density at radius 1 is 1.20 bits per heavy atom. The van der Waals surface area contributed by atoms with Gasteiger partial charge >= 0.3 is 0 Å². The number of hydrogen-bond acceptors (Lipinski definition) is 2. The summed E-state index contributed by atoms with van der Waals surface area (Å²) in [6.07, 6.45) is 6.35. The van der Waals surface area contributed by atoms with Gasteiger partial charge in [0.05, 0.1) is 6.10 Å². The second kappa shape index (κ2) is 5.10. The number of rotatable bonds is 2. The van der Waals surface area contributed by atoms with Crippen molar-refractivity contribution in [1.82, 2.24) is 0 Å². The van der Waals surface area contributed by atoms with Crippen molar-refractivity contribution in [2.75, 3.05) is 0 Å². The van der Waals surface area contributed by atoms with Crippen LogP contribution in [-0.4, -0.2) is 17.5 Å². The third-order valence-electron chi connectivity index (χ3n) is 2.57. The lowest BCUT2D eigenvalue weighted by atomic mass is 10.1. The summed E-state index contributed by atoms with van der Waals surface area (Å²) < 4.78 is 5.38. The van der Waals surface area contributed by atoms with Crippen LogP contribution in [0.5, 0.6) is 0 Å². The zero-order valence-corrected chi connectivity index (χ0v) is 8.67. The van der Waals surface area contributed by atoms with Crippen LogP contribution in [0, 0.1) is 0 Å². The van der Waals surface area contributed by atoms with Gasteiger partial charge in [0.1, 0.15) is 0 Å². The molecule has 1 aromatic carbocycles. The third kappa shape index (κ3) is 3.18. The summed E-state index contributed by atoms with van der Waals surface area (Å²) in [7, 11) is 0. The maximum absolute atomic E-state index is 9.32. The van der Waals surface area contributed by atoms with E-state index >= 15 is 0 Å². The minimum Gasteiger partial charge on any atom is -0.368 e. The summed E-state index contributed by atoms with van der Waals surface area (Å²) in [5, 5.41) is 9.32. The van der Waals surface area contributed by atoms with E-state index in [0.717, 1.165) is 19.3 Å². The maximum Gasteiger partial charge on any atom is 0.155 e. The second-order valence-corrected chi connectivity index (χ2v) is 3.83. The van der Waals surface area contributed by atoms with Gasteiger partial charge in [-0.25, -0.2) is 0 Å². The molecule has 1 aliphatic heterocycles. The highest BCUT2D eigenvalue weighted by Gasteiger charge is 2.17. The van der Waals surface area contributed by atoms with Crippen molar-refractivity contribution in [2.45, 2.75) is 31.7 Å².